The van der Waals surface area contributed by atoms with E-state index in [2.05, 4.69) is 56.0 Å². The minimum Gasteiger partial charge on any atom is -0.490 e. The van der Waals surface area contributed by atoms with E-state index in [9.17, 15) is 0 Å². The lowest BCUT2D eigenvalue weighted by molar-refractivity contribution is 0.143. The lowest BCUT2D eigenvalue weighted by Crippen LogP contribution is -2.24. The first-order chi connectivity index (χ1) is 11.4. The Morgan fingerprint density at radius 1 is 1.33 bits per heavy atom. The monoisotopic (exact) mass is 326 g/mol. The van der Waals surface area contributed by atoms with Crippen molar-refractivity contribution in [1.29, 1.82) is 0 Å². The predicted octanol–water partition coefficient (Wildman–Crippen LogP) is 4.23. The summed E-state index contributed by atoms with van der Waals surface area (Å²) in [5, 5.41) is 0. The summed E-state index contributed by atoms with van der Waals surface area (Å²) >= 11 is 0. The molecule has 0 radical (unpaired) electrons. The van der Waals surface area contributed by atoms with Crippen LogP contribution in [0.5, 0.6) is 11.8 Å². The highest BCUT2D eigenvalue weighted by molar-refractivity contribution is 5.47. The van der Waals surface area contributed by atoms with E-state index in [-0.39, 0.29) is 11.5 Å². The summed E-state index contributed by atoms with van der Waals surface area (Å²) in [5.74, 6) is 0.874. The zero-order valence-electron chi connectivity index (χ0n) is 15.0. The Hall–Kier alpha value is -2.23. The number of benzene rings is 1. The molecule has 0 fully saturated rings. The van der Waals surface area contributed by atoms with Gasteiger partial charge in [-0.15, -0.1) is 0 Å². The fraction of sp³-hybridized carbons (Fsp3) is 0.450. The van der Waals surface area contributed by atoms with Crippen molar-refractivity contribution in [2.45, 2.75) is 52.2 Å². The molecule has 0 aliphatic carbocycles. The summed E-state index contributed by atoms with van der Waals surface area (Å²) in [6, 6.07) is 8.99. The van der Waals surface area contributed by atoms with Crippen LogP contribution in [0, 0.1) is 0 Å². The number of fused-ring (bicyclic) bond motifs is 1. The van der Waals surface area contributed by atoms with Gasteiger partial charge in [0.1, 0.15) is 12.4 Å². The molecule has 0 saturated carbocycles. The van der Waals surface area contributed by atoms with Crippen molar-refractivity contribution in [2.75, 3.05) is 6.61 Å². The molecule has 4 nitrogen and oxygen atoms in total. The third-order valence-corrected chi connectivity index (χ3v) is 4.41. The fourth-order valence-corrected chi connectivity index (χ4v) is 3.01. The van der Waals surface area contributed by atoms with Crippen LogP contribution in [0.2, 0.25) is 0 Å². The Morgan fingerprint density at radius 3 is 2.62 bits per heavy atom. The Bertz CT molecular complexity index is 723. The number of rotatable bonds is 5. The van der Waals surface area contributed by atoms with Gasteiger partial charge in [0.05, 0.1) is 12.2 Å². The van der Waals surface area contributed by atoms with E-state index in [4.69, 9.17) is 9.47 Å². The minimum absolute atomic E-state index is 0.000965. The number of ether oxygens (including phenoxy) is 2. The summed E-state index contributed by atoms with van der Waals surface area (Å²) in [5.41, 5.74) is 3.56. The normalized spacial score (nSPS) is 16.6. The van der Waals surface area contributed by atoms with Crippen molar-refractivity contribution in [3.05, 3.63) is 47.8 Å². The van der Waals surface area contributed by atoms with Gasteiger partial charge in [-0.25, -0.2) is 0 Å². The molecule has 3 rings (SSSR count). The van der Waals surface area contributed by atoms with Crippen LogP contribution in [0.4, 0.5) is 0 Å². The van der Waals surface area contributed by atoms with Gasteiger partial charge in [0, 0.05) is 5.69 Å². The second kappa shape index (κ2) is 6.34. The maximum absolute atomic E-state index is 5.91. The van der Waals surface area contributed by atoms with Gasteiger partial charge >= 0.3 is 0 Å². The fourth-order valence-electron chi connectivity index (χ4n) is 3.01. The molecule has 2 aromatic rings. The van der Waals surface area contributed by atoms with Crippen LogP contribution in [0.1, 0.15) is 44.6 Å². The van der Waals surface area contributed by atoms with Gasteiger partial charge in [0.25, 0.3) is 6.01 Å². The number of aromatic nitrogens is 2. The highest BCUT2D eigenvalue weighted by Crippen LogP contribution is 2.28. The molecule has 0 bridgehead atoms. The highest BCUT2D eigenvalue weighted by Gasteiger charge is 2.28. The van der Waals surface area contributed by atoms with Crippen LogP contribution in [-0.4, -0.2) is 22.3 Å². The van der Waals surface area contributed by atoms with Crippen LogP contribution in [0.15, 0.2) is 30.8 Å². The summed E-state index contributed by atoms with van der Waals surface area (Å²) in [6.45, 7) is 13.9. The molecular weight excluding hydrogens is 300 g/mol. The summed E-state index contributed by atoms with van der Waals surface area (Å²) in [4.78, 5) is 4.49. The first-order valence-electron chi connectivity index (χ1n) is 8.54. The average Bonchev–Trinajstić information content (AvgIpc) is 3.08. The largest absolute Gasteiger partial charge is 0.490 e. The zero-order valence-corrected chi connectivity index (χ0v) is 15.0. The number of imidazole rings is 1. The molecule has 1 atom stereocenters. The van der Waals surface area contributed by atoms with Gasteiger partial charge in [-0.3, -0.25) is 4.57 Å². The Labute approximate surface area is 144 Å². The smallest absolute Gasteiger partial charge is 0.297 e. The molecule has 1 aromatic heterocycles. The molecule has 0 unspecified atom stereocenters. The van der Waals surface area contributed by atoms with Gasteiger partial charge in [0.15, 0.2) is 6.10 Å². The van der Waals surface area contributed by atoms with Crippen molar-refractivity contribution in [1.82, 2.24) is 9.55 Å². The van der Waals surface area contributed by atoms with E-state index in [1.807, 2.05) is 12.1 Å². The standard InChI is InChI=1S/C20H26N2O2/c1-6-17-18(7-2)22-12-16(24-19(22)21-17)13-23-15-10-8-14(9-11-15)20(3,4)5/h6,8-11,16H,1,7,12-13H2,2-5H3/t16-/m0/s1. The van der Waals surface area contributed by atoms with Crippen LogP contribution in [0.25, 0.3) is 6.08 Å². The molecule has 0 N–H and O–H groups in total. The van der Waals surface area contributed by atoms with E-state index in [1.54, 1.807) is 6.08 Å². The Morgan fingerprint density at radius 2 is 2.04 bits per heavy atom. The number of nitrogens with zero attached hydrogens (tertiary/aromatic N) is 2. The zero-order chi connectivity index (χ0) is 17.3. The Kier molecular flexibility index (Phi) is 4.39. The van der Waals surface area contributed by atoms with Crippen LogP contribution >= 0.6 is 0 Å². The van der Waals surface area contributed by atoms with Gasteiger partial charge in [-0.2, -0.15) is 4.98 Å². The molecule has 4 heteroatoms. The molecular formula is C20H26N2O2. The molecule has 0 saturated heterocycles. The predicted molar refractivity (Wildman–Crippen MR) is 96.7 cm³/mol. The van der Waals surface area contributed by atoms with Crippen molar-refractivity contribution in [3.8, 4) is 11.8 Å². The third-order valence-electron chi connectivity index (χ3n) is 4.41. The quantitative estimate of drug-likeness (QED) is 0.825. The third kappa shape index (κ3) is 3.18. The summed E-state index contributed by atoms with van der Waals surface area (Å²) in [7, 11) is 0. The number of hydrogen-bond donors (Lipinski definition) is 0. The van der Waals surface area contributed by atoms with E-state index >= 15 is 0 Å². The van der Waals surface area contributed by atoms with Gasteiger partial charge in [0.2, 0.25) is 0 Å². The molecule has 128 valence electrons. The van der Waals surface area contributed by atoms with Crippen molar-refractivity contribution < 1.29 is 9.47 Å². The Balaban J connectivity index is 1.61. The van der Waals surface area contributed by atoms with E-state index in [0.717, 1.165) is 24.4 Å². The number of hydrogen-bond acceptors (Lipinski definition) is 3. The summed E-state index contributed by atoms with van der Waals surface area (Å²) in [6.07, 6.45) is 2.70. The second-order valence-electron chi connectivity index (χ2n) is 7.22. The lowest BCUT2D eigenvalue weighted by atomic mass is 9.87. The topological polar surface area (TPSA) is 36.3 Å². The van der Waals surface area contributed by atoms with E-state index in [0.29, 0.717) is 12.6 Å². The molecule has 1 aliphatic heterocycles. The van der Waals surface area contributed by atoms with Crippen LogP contribution in [-0.2, 0) is 18.4 Å². The van der Waals surface area contributed by atoms with Crippen LogP contribution in [0.3, 0.4) is 0 Å². The lowest BCUT2D eigenvalue weighted by Gasteiger charge is -2.19. The van der Waals surface area contributed by atoms with Crippen molar-refractivity contribution in [2.24, 2.45) is 0 Å². The maximum atomic E-state index is 5.91. The van der Waals surface area contributed by atoms with Gasteiger partial charge in [-0.1, -0.05) is 46.4 Å². The molecule has 0 spiro atoms. The first-order valence-corrected chi connectivity index (χ1v) is 8.54. The van der Waals surface area contributed by atoms with Gasteiger partial charge < -0.3 is 9.47 Å². The molecule has 1 aliphatic rings. The van der Waals surface area contributed by atoms with Crippen molar-refractivity contribution in [3.63, 3.8) is 0 Å². The summed E-state index contributed by atoms with van der Waals surface area (Å²) < 4.78 is 13.9. The molecule has 0 amide bonds. The second-order valence-corrected chi connectivity index (χ2v) is 7.22. The molecule has 1 aromatic carbocycles. The maximum Gasteiger partial charge on any atom is 0.297 e. The van der Waals surface area contributed by atoms with E-state index < -0.39 is 0 Å². The van der Waals surface area contributed by atoms with Crippen molar-refractivity contribution >= 4 is 6.08 Å². The molecule has 24 heavy (non-hydrogen) atoms. The minimum atomic E-state index is -0.000965. The SMILES string of the molecule is C=Cc1nc2n(c1CC)C[C@@H](COc1ccc(C(C)(C)C)cc1)O2. The van der Waals surface area contributed by atoms with Gasteiger partial charge in [-0.05, 0) is 35.6 Å². The van der Waals surface area contributed by atoms with E-state index in [1.165, 1.54) is 11.3 Å². The van der Waals surface area contributed by atoms with Crippen LogP contribution < -0.4 is 9.47 Å². The molecule has 2 heterocycles. The first kappa shape index (κ1) is 16.6. The average molecular weight is 326 g/mol. The highest BCUT2D eigenvalue weighted by atomic mass is 16.6.